The second kappa shape index (κ2) is 32.3. The molecular weight excluding hydrogens is 372 g/mol. The van der Waals surface area contributed by atoms with E-state index in [0.717, 1.165) is 19.3 Å². The van der Waals surface area contributed by atoms with Gasteiger partial charge < -0.3 is 0 Å². The third-order valence-corrected chi connectivity index (χ3v) is 3.75. The molecule has 0 unspecified atom stereocenters. The Balaban J connectivity index is -0.0000000964. The standard InChI is InChI=1S/3C8H10.2C2H6.3CH4/c3*1-2-8-6-4-3-5-7-8;2*1-2;;;/h3*3-7H,2H2,1H3;2*1-2H3;3*1H4. The summed E-state index contributed by atoms with van der Waals surface area (Å²) in [7, 11) is 0. The Bertz CT molecular complexity index is 518. The topological polar surface area (TPSA) is 0 Å². The van der Waals surface area contributed by atoms with Crippen molar-refractivity contribution < 1.29 is 0 Å². The van der Waals surface area contributed by atoms with Gasteiger partial charge >= 0.3 is 0 Å². The number of aryl methyl sites for hydroxylation is 3. The number of benzene rings is 3. The molecule has 0 atom stereocenters. The van der Waals surface area contributed by atoms with E-state index in [0.29, 0.717) is 0 Å². The van der Waals surface area contributed by atoms with Crippen LogP contribution in [-0.4, -0.2) is 0 Å². The Morgan fingerprint density at radius 2 is 0.516 bits per heavy atom. The fraction of sp³-hybridized carbons (Fsp3) is 0.419. The molecular formula is C31H54. The van der Waals surface area contributed by atoms with Gasteiger partial charge in [-0.1, -0.05) is 162 Å². The van der Waals surface area contributed by atoms with Crippen LogP contribution in [0.2, 0.25) is 0 Å². The van der Waals surface area contributed by atoms with E-state index in [1.807, 2.05) is 45.9 Å². The Morgan fingerprint density at radius 3 is 0.613 bits per heavy atom. The van der Waals surface area contributed by atoms with Crippen LogP contribution in [0.5, 0.6) is 0 Å². The van der Waals surface area contributed by atoms with E-state index in [-0.39, 0.29) is 22.3 Å². The third-order valence-electron chi connectivity index (χ3n) is 3.75. The zero-order chi connectivity index (χ0) is 21.5. The lowest BCUT2D eigenvalue weighted by atomic mass is 10.2. The molecule has 31 heavy (non-hydrogen) atoms. The summed E-state index contributed by atoms with van der Waals surface area (Å²) in [5.41, 5.74) is 4.23. The number of hydrogen-bond acceptors (Lipinski definition) is 0. The minimum Gasteiger partial charge on any atom is -0.0776 e. The highest BCUT2D eigenvalue weighted by molar-refractivity contribution is 5.15. The maximum atomic E-state index is 2.16. The molecule has 0 nitrogen and oxygen atoms in total. The van der Waals surface area contributed by atoms with Gasteiger partial charge in [-0.25, -0.2) is 0 Å². The molecule has 0 radical (unpaired) electrons. The summed E-state index contributed by atoms with van der Waals surface area (Å²) in [5, 5.41) is 0. The average Bonchev–Trinajstić information content (AvgIpc) is 2.84. The van der Waals surface area contributed by atoms with E-state index in [4.69, 9.17) is 0 Å². The molecule has 0 fully saturated rings. The normalized spacial score (nSPS) is 7.45. The van der Waals surface area contributed by atoms with E-state index in [9.17, 15) is 0 Å². The number of rotatable bonds is 3. The fourth-order valence-electron chi connectivity index (χ4n) is 2.14. The molecule has 0 bridgehead atoms. The second-order valence-corrected chi connectivity index (χ2v) is 5.52. The third kappa shape index (κ3) is 23.8. The van der Waals surface area contributed by atoms with Gasteiger partial charge in [-0.2, -0.15) is 0 Å². The molecule has 0 aromatic heterocycles. The molecule has 0 aliphatic heterocycles. The van der Waals surface area contributed by atoms with Crippen LogP contribution in [0.3, 0.4) is 0 Å². The van der Waals surface area contributed by atoms with Crippen molar-refractivity contribution in [1.82, 2.24) is 0 Å². The first kappa shape index (κ1) is 39.2. The van der Waals surface area contributed by atoms with Crippen LogP contribution in [0.1, 0.15) is 87.4 Å². The molecule has 178 valence electrons. The van der Waals surface area contributed by atoms with Crippen LogP contribution in [0.25, 0.3) is 0 Å². The fourth-order valence-corrected chi connectivity index (χ4v) is 2.14. The van der Waals surface area contributed by atoms with Crippen LogP contribution in [0.4, 0.5) is 0 Å². The number of hydrogen-bond donors (Lipinski definition) is 0. The van der Waals surface area contributed by atoms with Crippen molar-refractivity contribution in [3.8, 4) is 0 Å². The van der Waals surface area contributed by atoms with Crippen LogP contribution in [0.15, 0.2) is 91.0 Å². The zero-order valence-corrected chi connectivity index (χ0v) is 19.3. The average molecular weight is 427 g/mol. The summed E-state index contributed by atoms with van der Waals surface area (Å²) in [6, 6.07) is 31.4. The molecule has 0 saturated carbocycles. The predicted octanol–water partition coefficient (Wildman–Crippen LogP) is 10.7. The first-order valence-corrected chi connectivity index (χ1v) is 10.9. The Kier molecular flexibility index (Phi) is 40.8. The summed E-state index contributed by atoms with van der Waals surface area (Å²) < 4.78 is 0. The minimum absolute atomic E-state index is 0. The summed E-state index contributed by atoms with van der Waals surface area (Å²) in [6.45, 7) is 14.5. The van der Waals surface area contributed by atoms with E-state index in [1.165, 1.54) is 16.7 Å². The first-order chi connectivity index (χ1) is 13.8. The van der Waals surface area contributed by atoms with Crippen LogP contribution < -0.4 is 0 Å². The van der Waals surface area contributed by atoms with Gasteiger partial charge in [-0.15, -0.1) is 0 Å². The molecule has 3 aromatic rings. The molecule has 0 heterocycles. The van der Waals surface area contributed by atoms with Crippen molar-refractivity contribution in [2.75, 3.05) is 0 Å². The van der Waals surface area contributed by atoms with Crippen LogP contribution in [0, 0.1) is 0 Å². The summed E-state index contributed by atoms with van der Waals surface area (Å²) in [5.74, 6) is 0. The predicted molar refractivity (Wildman–Crippen MR) is 150 cm³/mol. The Labute approximate surface area is 197 Å². The molecule has 0 aliphatic rings. The zero-order valence-electron chi connectivity index (χ0n) is 19.3. The van der Waals surface area contributed by atoms with Crippen molar-refractivity contribution in [3.05, 3.63) is 108 Å². The molecule has 3 rings (SSSR count). The summed E-state index contributed by atoms with van der Waals surface area (Å²) in [6.07, 6.45) is 3.42. The Hall–Kier alpha value is -2.34. The van der Waals surface area contributed by atoms with Gasteiger partial charge in [-0.05, 0) is 36.0 Å². The lowest BCUT2D eigenvalue weighted by Gasteiger charge is -1.89. The van der Waals surface area contributed by atoms with E-state index in [2.05, 4.69) is 93.6 Å². The van der Waals surface area contributed by atoms with Gasteiger partial charge in [0.25, 0.3) is 0 Å². The summed E-state index contributed by atoms with van der Waals surface area (Å²) >= 11 is 0. The largest absolute Gasteiger partial charge is 0.0776 e. The molecule has 0 amide bonds. The quantitative estimate of drug-likeness (QED) is 0.390. The van der Waals surface area contributed by atoms with Gasteiger partial charge in [0.2, 0.25) is 0 Å². The van der Waals surface area contributed by atoms with Crippen molar-refractivity contribution in [2.45, 2.75) is 90.0 Å². The second-order valence-electron chi connectivity index (χ2n) is 5.52. The van der Waals surface area contributed by atoms with E-state index >= 15 is 0 Å². The van der Waals surface area contributed by atoms with Crippen LogP contribution >= 0.6 is 0 Å². The van der Waals surface area contributed by atoms with Gasteiger partial charge in [-0.3, -0.25) is 0 Å². The molecule has 0 aliphatic carbocycles. The van der Waals surface area contributed by atoms with Crippen molar-refractivity contribution in [2.24, 2.45) is 0 Å². The highest BCUT2D eigenvalue weighted by atomic mass is 13.9. The summed E-state index contributed by atoms with van der Waals surface area (Å²) in [4.78, 5) is 0. The van der Waals surface area contributed by atoms with Gasteiger partial charge in [0.1, 0.15) is 0 Å². The Morgan fingerprint density at radius 1 is 0.355 bits per heavy atom. The van der Waals surface area contributed by atoms with Crippen molar-refractivity contribution in [1.29, 1.82) is 0 Å². The first-order valence-electron chi connectivity index (χ1n) is 10.9. The monoisotopic (exact) mass is 426 g/mol. The molecule has 3 aromatic carbocycles. The van der Waals surface area contributed by atoms with E-state index in [1.54, 1.807) is 0 Å². The van der Waals surface area contributed by atoms with Crippen LogP contribution in [-0.2, 0) is 19.3 Å². The highest BCUT2D eigenvalue weighted by Gasteiger charge is 1.81. The smallest absolute Gasteiger partial charge is 0.0307 e. The molecule has 0 saturated heterocycles. The molecule has 0 N–H and O–H groups in total. The SMILES string of the molecule is C.C.C.CC.CC.CCc1ccccc1.CCc1ccccc1.CCc1ccccc1. The highest BCUT2D eigenvalue weighted by Crippen LogP contribution is 1.98. The van der Waals surface area contributed by atoms with Crippen molar-refractivity contribution in [3.63, 3.8) is 0 Å². The minimum atomic E-state index is 0. The molecule has 0 spiro atoms. The van der Waals surface area contributed by atoms with E-state index < -0.39 is 0 Å². The van der Waals surface area contributed by atoms with Gasteiger partial charge in [0.05, 0.1) is 0 Å². The van der Waals surface area contributed by atoms with Gasteiger partial charge in [0.15, 0.2) is 0 Å². The lowest BCUT2D eigenvalue weighted by Crippen LogP contribution is -1.73. The maximum Gasteiger partial charge on any atom is -0.0307 e. The maximum absolute atomic E-state index is 2.16. The van der Waals surface area contributed by atoms with Gasteiger partial charge in [0, 0.05) is 0 Å². The van der Waals surface area contributed by atoms with Crippen molar-refractivity contribution >= 4 is 0 Å². The molecule has 0 heteroatoms. The lowest BCUT2D eigenvalue weighted by molar-refractivity contribution is 1.14.